The number of Topliss-reactive ketones (excluding diaryl/α,β-unsaturated/α-hetero) is 1. The molecular formula is C11H19NO4. The van der Waals surface area contributed by atoms with Gasteiger partial charge in [0.15, 0.2) is 5.76 Å². The van der Waals surface area contributed by atoms with Crippen LogP contribution in [-0.2, 0) is 9.53 Å². The van der Waals surface area contributed by atoms with Crippen molar-refractivity contribution in [2.45, 2.75) is 31.8 Å². The van der Waals surface area contributed by atoms with E-state index < -0.39 is 12.2 Å². The fraction of sp³-hybridized carbons (Fsp3) is 0.727. The van der Waals surface area contributed by atoms with Crippen molar-refractivity contribution < 1.29 is 19.7 Å². The van der Waals surface area contributed by atoms with Gasteiger partial charge < -0.3 is 20.3 Å². The van der Waals surface area contributed by atoms with Crippen molar-refractivity contribution in [2.24, 2.45) is 0 Å². The molecule has 1 rings (SSSR count). The first kappa shape index (κ1) is 13.0. The van der Waals surface area contributed by atoms with Gasteiger partial charge in [-0.15, -0.1) is 0 Å². The Morgan fingerprint density at radius 2 is 2.19 bits per heavy atom. The van der Waals surface area contributed by atoms with Gasteiger partial charge in [0.1, 0.15) is 5.60 Å². The van der Waals surface area contributed by atoms with Gasteiger partial charge in [-0.05, 0) is 6.42 Å². The van der Waals surface area contributed by atoms with E-state index in [-0.39, 0.29) is 24.4 Å². The number of ketones is 1. The van der Waals surface area contributed by atoms with Crippen LogP contribution in [0.1, 0.15) is 26.2 Å². The quantitative estimate of drug-likeness (QED) is 0.615. The molecule has 1 aliphatic carbocycles. The first-order valence-corrected chi connectivity index (χ1v) is 5.43. The molecule has 0 aromatic carbocycles. The van der Waals surface area contributed by atoms with E-state index in [0.29, 0.717) is 12.2 Å². The van der Waals surface area contributed by atoms with Gasteiger partial charge >= 0.3 is 0 Å². The molecule has 0 radical (unpaired) electrons. The van der Waals surface area contributed by atoms with Gasteiger partial charge in [-0.3, -0.25) is 4.79 Å². The molecule has 0 aromatic heterocycles. The summed E-state index contributed by atoms with van der Waals surface area (Å²) < 4.78 is 5.03. The summed E-state index contributed by atoms with van der Waals surface area (Å²) in [6.45, 7) is 2.28. The maximum atomic E-state index is 11.7. The number of aliphatic hydroxyl groups excluding tert-OH is 1. The highest BCUT2D eigenvalue weighted by Crippen LogP contribution is 2.29. The third-order valence-corrected chi connectivity index (χ3v) is 2.61. The third-order valence-electron chi connectivity index (χ3n) is 2.61. The summed E-state index contributed by atoms with van der Waals surface area (Å²) in [5, 5.41) is 22.1. The third kappa shape index (κ3) is 2.74. The summed E-state index contributed by atoms with van der Waals surface area (Å²) in [6, 6.07) is 0. The summed E-state index contributed by atoms with van der Waals surface area (Å²) in [7, 11) is 1.43. The van der Waals surface area contributed by atoms with E-state index in [0.717, 1.165) is 6.42 Å². The van der Waals surface area contributed by atoms with E-state index >= 15 is 0 Å². The van der Waals surface area contributed by atoms with Crippen molar-refractivity contribution in [3.05, 3.63) is 11.5 Å². The van der Waals surface area contributed by atoms with Crippen molar-refractivity contribution >= 4 is 5.78 Å². The van der Waals surface area contributed by atoms with Gasteiger partial charge in [0, 0.05) is 19.4 Å². The predicted molar refractivity (Wildman–Crippen MR) is 58.6 cm³/mol. The zero-order valence-corrected chi connectivity index (χ0v) is 9.75. The van der Waals surface area contributed by atoms with Crippen molar-refractivity contribution in [3.8, 4) is 0 Å². The Hall–Kier alpha value is -1.07. The SMILES string of the molecule is CCCNC1=C(OC)C(=O)CC(O)(CO)C1. The second-order valence-corrected chi connectivity index (χ2v) is 4.10. The summed E-state index contributed by atoms with van der Waals surface area (Å²) in [5.41, 5.74) is -0.771. The lowest BCUT2D eigenvalue weighted by Crippen LogP contribution is -2.43. The van der Waals surface area contributed by atoms with Crippen LogP contribution < -0.4 is 5.32 Å². The maximum absolute atomic E-state index is 11.7. The van der Waals surface area contributed by atoms with E-state index in [2.05, 4.69) is 5.32 Å². The fourth-order valence-electron chi connectivity index (χ4n) is 1.79. The first-order valence-electron chi connectivity index (χ1n) is 5.43. The number of carbonyl (C=O) groups is 1. The molecule has 0 saturated heterocycles. The Labute approximate surface area is 95.1 Å². The molecule has 5 heteroatoms. The van der Waals surface area contributed by atoms with Crippen LogP contribution in [0.25, 0.3) is 0 Å². The molecule has 1 aliphatic rings. The van der Waals surface area contributed by atoms with Gasteiger partial charge in [-0.2, -0.15) is 0 Å². The van der Waals surface area contributed by atoms with Crippen LogP contribution in [-0.4, -0.2) is 41.9 Å². The number of nitrogens with one attached hydrogen (secondary N) is 1. The molecule has 0 aromatic rings. The van der Waals surface area contributed by atoms with Gasteiger partial charge in [0.25, 0.3) is 0 Å². The standard InChI is InChI=1S/C11H19NO4/c1-3-4-12-8-5-11(15,7-13)6-9(14)10(8)16-2/h12-13,15H,3-7H2,1-2H3. The predicted octanol–water partition coefficient (Wildman–Crippen LogP) is -0.0697. The highest BCUT2D eigenvalue weighted by atomic mass is 16.5. The van der Waals surface area contributed by atoms with Gasteiger partial charge in [-0.25, -0.2) is 0 Å². The lowest BCUT2D eigenvalue weighted by Gasteiger charge is -2.32. The van der Waals surface area contributed by atoms with E-state index in [4.69, 9.17) is 9.84 Å². The molecule has 92 valence electrons. The molecule has 0 heterocycles. The van der Waals surface area contributed by atoms with Crippen LogP contribution in [0.5, 0.6) is 0 Å². The van der Waals surface area contributed by atoms with E-state index in [1.54, 1.807) is 0 Å². The highest BCUT2D eigenvalue weighted by molar-refractivity contribution is 5.95. The first-order chi connectivity index (χ1) is 7.56. The van der Waals surface area contributed by atoms with Crippen molar-refractivity contribution in [3.63, 3.8) is 0 Å². The van der Waals surface area contributed by atoms with Crippen LogP contribution in [0, 0.1) is 0 Å². The largest absolute Gasteiger partial charge is 0.491 e. The molecule has 0 aliphatic heterocycles. The molecule has 0 spiro atoms. The summed E-state index contributed by atoms with van der Waals surface area (Å²) >= 11 is 0. The van der Waals surface area contributed by atoms with Crippen molar-refractivity contribution in [2.75, 3.05) is 20.3 Å². The highest BCUT2D eigenvalue weighted by Gasteiger charge is 2.38. The second kappa shape index (κ2) is 5.32. The second-order valence-electron chi connectivity index (χ2n) is 4.10. The topological polar surface area (TPSA) is 78.8 Å². The molecular weight excluding hydrogens is 210 g/mol. The van der Waals surface area contributed by atoms with Crippen LogP contribution >= 0.6 is 0 Å². The molecule has 0 fully saturated rings. The number of ether oxygens (including phenoxy) is 1. The fourth-order valence-corrected chi connectivity index (χ4v) is 1.79. The Kier molecular flexibility index (Phi) is 4.32. The smallest absolute Gasteiger partial charge is 0.202 e. The summed E-state index contributed by atoms with van der Waals surface area (Å²) in [6.07, 6.45) is 1.04. The van der Waals surface area contributed by atoms with Crippen LogP contribution in [0.15, 0.2) is 11.5 Å². The maximum Gasteiger partial charge on any atom is 0.202 e. The average molecular weight is 229 g/mol. The number of hydrogen-bond donors (Lipinski definition) is 3. The number of methoxy groups -OCH3 is 1. The Morgan fingerprint density at radius 1 is 1.50 bits per heavy atom. The molecule has 0 amide bonds. The average Bonchev–Trinajstić information content (AvgIpc) is 2.26. The summed E-state index contributed by atoms with van der Waals surface area (Å²) in [5.74, 6) is -0.00419. The molecule has 3 N–H and O–H groups in total. The van der Waals surface area contributed by atoms with Crippen LogP contribution in [0.3, 0.4) is 0 Å². The normalized spacial score (nSPS) is 25.9. The number of rotatable bonds is 5. The van der Waals surface area contributed by atoms with Gasteiger partial charge in [0.05, 0.1) is 19.4 Å². The zero-order chi connectivity index (χ0) is 12.2. The number of carbonyl (C=O) groups excluding carboxylic acids is 1. The molecule has 0 bridgehead atoms. The van der Waals surface area contributed by atoms with Crippen LogP contribution in [0.2, 0.25) is 0 Å². The number of allylic oxidation sites excluding steroid dienone is 1. The van der Waals surface area contributed by atoms with Crippen molar-refractivity contribution in [1.82, 2.24) is 5.32 Å². The number of aliphatic hydroxyl groups is 2. The van der Waals surface area contributed by atoms with Crippen LogP contribution in [0.4, 0.5) is 0 Å². The number of hydrogen-bond acceptors (Lipinski definition) is 5. The molecule has 5 nitrogen and oxygen atoms in total. The summed E-state index contributed by atoms with van der Waals surface area (Å²) in [4.78, 5) is 11.7. The van der Waals surface area contributed by atoms with Gasteiger partial charge in [0.2, 0.25) is 5.78 Å². The molecule has 1 unspecified atom stereocenters. The van der Waals surface area contributed by atoms with E-state index in [1.165, 1.54) is 7.11 Å². The minimum absolute atomic E-state index is 0.0933. The van der Waals surface area contributed by atoms with Crippen molar-refractivity contribution in [1.29, 1.82) is 0 Å². The Bertz CT molecular complexity index is 300. The minimum atomic E-state index is -1.35. The lowest BCUT2D eigenvalue weighted by atomic mass is 9.86. The molecule has 16 heavy (non-hydrogen) atoms. The zero-order valence-electron chi connectivity index (χ0n) is 9.75. The Balaban J connectivity index is 2.90. The molecule has 1 atom stereocenters. The van der Waals surface area contributed by atoms with Gasteiger partial charge in [-0.1, -0.05) is 6.92 Å². The minimum Gasteiger partial charge on any atom is -0.491 e. The van der Waals surface area contributed by atoms with E-state index in [9.17, 15) is 9.90 Å². The monoisotopic (exact) mass is 229 g/mol. The Morgan fingerprint density at radius 3 is 2.69 bits per heavy atom. The molecule has 0 saturated carbocycles. The van der Waals surface area contributed by atoms with E-state index in [1.807, 2.05) is 6.92 Å². The lowest BCUT2D eigenvalue weighted by molar-refractivity contribution is -0.127.